The quantitative estimate of drug-likeness (QED) is 0.471. The van der Waals surface area contributed by atoms with Crippen molar-refractivity contribution in [2.75, 3.05) is 31.1 Å². The van der Waals surface area contributed by atoms with E-state index in [0.29, 0.717) is 33.6 Å². The van der Waals surface area contributed by atoms with Crippen LogP contribution in [0.4, 0.5) is 5.82 Å². The zero-order chi connectivity index (χ0) is 23.4. The summed E-state index contributed by atoms with van der Waals surface area (Å²) in [6, 6.07) is 5.24. The maximum atomic E-state index is 12.4. The third kappa shape index (κ3) is 5.39. The van der Waals surface area contributed by atoms with Crippen LogP contribution in [0.25, 0.3) is 10.2 Å². The van der Waals surface area contributed by atoms with Gasteiger partial charge in [-0.1, -0.05) is 0 Å². The van der Waals surface area contributed by atoms with E-state index in [0.717, 1.165) is 48.4 Å². The molecule has 0 unspecified atom stereocenters. The zero-order valence-corrected chi connectivity index (χ0v) is 20.4. The lowest BCUT2D eigenvalue weighted by atomic mass is 9.93. The van der Waals surface area contributed by atoms with Crippen LogP contribution in [0, 0.1) is 5.92 Å². The Hall–Kier alpha value is -2.85. The van der Waals surface area contributed by atoms with Crippen LogP contribution in [0.3, 0.4) is 0 Å². The minimum Gasteiger partial charge on any atom is -0.355 e. The van der Waals surface area contributed by atoms with Gasteiger partial charge in [0.25, 0.3) is 11.8 Å². The van der Waals surface area contributed by atoms with Crippen molar-refractivity contribution in [3.63, 3.8) is 0 Å². The molecule has 3 aromatic heterocycles. The first-order valence-corrected chi connectivity index (χ1v) is 12.8. The van der Waals surface area contributed by atoms with Gasteiger partial charge in [-0.05, 0) is 57.2 Å². The molecule has 8 nitrogen and oxygen atoms in total. The van der Waals surface area contributed by atoms with Crippen LogP contribution in [0.2, 0.25) is 0 Å². The number of nitrogens with zero attached hydrogens (tertiary/aromatic N) is 3. The number of anilines is 1. The molecule has 2 N–H and O–H groups in total. The Bertz CT molecular complexity index is 1160. The number of Topliss-reactive ketones (excluding diaryl/α,β-unsaturated/α-hetero) is 1. The molecule has 0 spiro atoms. The first kappa shape index (κ1) is 23.3. The van der Waals surface area contributed by atoms with Gasteiger partial charge in [-0.2, -0.15) is 0 Å². The molecule has 0 aromatic carbocycles. The summed E-state index contributed by atoms with van der Waals surface area (Å²) in [6.45, 7) is 6.39. The lowest BCUT2D eigenvalue weighted by Crippen LogP contribution is -2.35. The van der Waals surface area contributed by atoms with Crippen LogP contribution in [0.15, 0.2) is 24.5 Å². The van der Waals surface area contributed by atoms with Crippen molar-refractivity contribution < 1.29 is 14.4 Å². The number of carbonyl (C=O) groups excluding carboxylic acids is 3. The summed E-state index contributed by atoms with van der Waals surface area (Å²) in [5.41, 5.74) is 0.823. The Morgan fingerprint density at radius 2 is 1.73 bits per heavy atom. The summed E-state index contributed by atoms with van der Waals surface area (Å²) in [5.74, 6) is 1.21. The van der Waals surface area contributed by atoms with E-state index >= 15 is 0 Å². The minimum atomic E-state index is -0.144. The second kappa shape index (κ2) is 10.4. The normalized spacial score (nSPS) is 14.4. The van der Waals surface area contributed by atoms with Crippen LogP contribution in [-0.2, 0) is 0 Å². The van der Waals surface area contributed by atoms with E-state index in [1.54, 1.807) is 25.4 Å². The van der Waals surface area contributed by atoms with E-state index in [4.69, 9.17) is 0 Å². The number of amides is 2. The van der Waals surface area contributed by atoms with Crippen LogP contribution < -0.4 is 15.5 Å². The molecule has 0 bridgehead atoms. The lowest BCUT2D eigenvalue weighted by molar-refractivity contribution is 0.0950. The van der Waals surface area contributed by atoms with E-state index in [-0.39, 0.29) is 17.6 Å². The van der Waals surface area contributed by atoms with E-state index in [9.17, 15) is 14.4 Å². The minimum absolute atomic E-state index is 0.0488. The Kier molecular flexibility index (Phi) is 7.34. The number of nitrogens with one attached hydrogen (secondary N) is 2. The van der Waals surface area contributed by atoms with E-state index < -0.39 is 0 Å². The zero-order valence-electron chi connectivity index (χ0n) is 18.7. The summed E-state index contributed by atoms with van der Waals surface area (Å²) in [7, 11) is 0. The van der Waals surface area contributed by atoms with Gasteiger partial charge in [-0.15, -0.1) is 22.7 Å². The van der Waals surface area contributed by atoms with Gasteiger partial charge in [0, 0.05) is 26.2 Å². The molecule has 0 saturated carbocycles. The topological polar surface area (TPSA) is 104 Å². The molecule has 174 valence electrons. The van der Waals surface area contributed by atoms with Gasteiger partial charge in [0.15, 0.2) is 5.78 Å². The fourth-order valence-corrected chi connectivity index (χ4v) is 5.84. The van der Waals surface area contributed by atoms with Crippen LogP contribution in [-0.4, -0.2) is 53.7 Å². The summed E-state index contributed by atoms with van der Waals surface area (Å²) in [4.78, 5) is 48.9. The second-order valence-electron chi connectivity index (χ2n) is 8.08. The Labute approximate surface area is 200 Å². The second-order valence-corrected chi connectivity index (χ2v) is 10.2. The summed E-state index contributed by atoms with van der Waals surface area (Å²) < 4.78 is 0.969. The molecule has 2 amide bonds. The fourth-order valence-electron chi connectivity index (χ4n) is 3.98. The third-order valence-corrected chi connectivity index (χ3v) is 8.09. The summed E-state index contributed by atoms with van der Waals surface area (Å²) in [5, 5.41) is 5.73. The SMILES string of the molecule is CCNC(=O)c1ccc(C(=O)NCCC2CCN(c3ncnc4cc(C(C)=O)sc34)CC2)s1. The van der Waals surface area contributed by atoms with Crippen molar-refractivity contribution in [3.05, 3.63) is 39.2 Å². The molecule has 4 rings (SSSR count). The van der Waals surface area contributed by atoms with Crippen LogP contribution in [0.5, 0.6) is 0 Å². The van der Waals surface area contributed by atoms with Crippen molar-refractivity contribution in [2.24, 2.45) is 5.92 Å². The molecule has 1 aliphatic rings. The van der Waals surface area contributed by atoms with Crippen molar-refractivity contribution >= 4 is 56.3 Å². The highest BCUT2D eigenvalue weighted by atomic mass is 32.1. The Morgan fingerprint density at radius 1 is 1.03 bits per heavy atom. The maximum absolute atomic E-state index is 12.4. The predicted octanol–water partition coefficient (Wildman–Crippen LogP) is 3.74. The standard InChI is InChI=1S/C23H27N5O3S2/c1-3-24-22(30)17-4-5-18(32-17)23(31)25-9-6-15-7-10-28(11-8-15)21-20-16(26-13-27-21)12-19(33-20)14(2)29/h4-5,12-13,15H,3,6-11H2,1-2H3,(H,24,30)(H,25,31). The first-order valence-electron chi connectivity index (χ1n) is 11.1. The molecule has 33 heavy (non-hydrogen) atoms. The number of hydrogen-bond acceptors (Lipinski definition) is 8. The monoisotopic (exact) mass is 485 g/mol. The number of hydrogen-bond donors (Lipinski definition) is 2. The first-order chi connectivity index (χ1) is 16.0. The number of rotatable bonds is 8. The van der Waals surface area contributed by atoms with Gasteiger partial charge in [0.1, 0.15) is 12.1 Å². The van der Waals surface area contributed by atoms with Crippen LogP contribution in [0.1, 0.15) is 62.1 Å². The number of thiophene rings is 2. The van der Waals surface area contributed by atoms with Crippen LogP contribution >= 0.6 is 22.7 Å². The molecule has 0 atom stereocenters. The molecule has 1 fully saturated rings. The average Bonchev–Trinajstić information content (AvgIpc) is 3.47. The maximum Gasteiger partial charge on any atom is 0.261 e. The van der Waals surface area contributed by atoms with Gasteiger partial charge >= 0.3 is 0 Å². The highest BCUT2D eigenvalue weighted by Crippen LogP contribution is 2.33. The largest absolute Gasteiger partial charge is 0.355 e. The molecule has 0 radical (unpaired) electrons. The van der Waals surface area contributed by atoms with Gasteiger partial charge < -0.3 is 15.5 Å². The summed E-state index contributed by atoms with van der Waals surface area (Å²) >= 11 is 2.67. The van der Waals surface area contributed by atoms with Crippen molar-refractivity contribution in [3.8, 4) is 0 Å². The Morgan fingerprint density at radius 3 is 2.39 bits per heavy atom. The van der Waals surface area contributed by atoms with Gasteiger partial charge in [-0.3, -0.25) is 14.4 Å². The summed E-state index contributed by atoms with van der Waals surface area (Å²) in [6.07, 6.45) is 4.53. The van der Waals surface area contributed by atoms with Gasteiger partial charge in [0.05, 0.1) is 24.8 Å². The number of aromatic nitrogens is 2. The van der Waals surface area contributed by atoms with Crippen molar-refractivity contribution in [1.82, 2.24) is 20.6 Å². The van der Waals surface area contributed by atoms with Gasteiger partial charge in [0.2, 0.25) is 0 Å². The van der Waals surface area contributed by atoms with Crippen molar-refractivity contribution in [2.45, 2.75) is 33.1 Å². The number of piperidine rings is 1. The molecule has 10 heteroatoms. The van der Waals surface area contributed by atoms with E-state index in [2.05, 4.69) is 25.5 Å². The predicted molar refractivity (Wildman–Crippen MR) is 132 cm³/mol. The number of fused-ring (bicyclic) bond motifs is 1. The fraction of sp³-hybridized carbons (Fsp3) is 0.435. The smallest absolute Gasteiger partial charge is 0.261 e. The Balaban J connectivity index is 1.26. The third-order valence-electron chi connectivity index (χ3n) is 5.78. The van der Waals surface area contributed by atoms with E-state index in [1.165, 1.54) is 22.7 Å². The van der Waals surface area contributed by atoms with E-state index in [1.807, 2.05) is 13.0 Å². The molecular formula is C23H27N5O3S2. The highest BCUT2D eigenvalue weighted by Gasteiger charge is 2.23. The molecule has 1 aliphatic heterocycles. The van der Waals surface area contributed by atoms with Crippen molar-refractivity contribution in [1.29, 1.82) is 0 Å². The average molecular weight is 486 g/mol. The van der Waals surface area contributed by atoms with Gasteiger partial charge in [-0.25, -0.2) is 9.97 Å². The molecule has 1 saturated heterocycles. The molecule has 4 heterocycles. The highest BCUT2D eigenvalue weighted by molar-refractivity contribution is 7.21. The number of carbonyl (C=O) groups is 3. The number of ketones is 1. The molecular weight excluding hydrogens is 458 g/mol. The lowest BCUT2D eigenvalue weighted by Gasteiger charge is -2.33. The molecule has 3 aromatic rings. The molecule has 0 aliphatic carbocycles.